The van der Waals surface area contributed by atoms with E-state index in [1.54, 1.807) is 0 Å². The first-order chi connectivity index (χ1) is 13.9. The first-order valence-corrected chi connectivity index (χ1v) is 11.5. The van der Waals surface area contributed by atoms with E-state index in [-0.39, 0.29) is 17.0 Å². The minimum absolute atomic E-state index is 0. The summed E-state index contributed by atoms with van der Waals surface area (Å²) >= 11 is 0. The van der Waals surface area contributed by atoms with Gasteiger partial charge < -0.3 is 21.7 Å². The molecule has 0 bridgehead atoms. The Hall–Kier alpha value is -2.25. The highest BCUT2D eigenvalue weighted by molar-refractivity contribution is 7.95. The lowest BCUT2D eigenvalue weighted by molar-refractivity contribution is -0.00000570. The molecular formula is C26H24BrOP. The predicted molar refractivity (Wildman–Crippen MR) is 121 cm³/mol. The third-order valence-corrected chi connectivity index (χ3v) is 9.10. The number of rotatable bonds is 7. The average molecular weight is 463 g/mol. The molecule has 4 aromatic rings. The van der Waals surface area contributed by atoms with Gasteiger partial charge in [0.15, 0.2) is 6.35 Å². The van der Waals surface area contributed by atoms with Crippen LogP contribution in [0.15, 0.2) is 121 Å². The number of benzene rings is 4. The van der Waals surface area contributed by atoms with Crippen LogP contribution in [0.2, 0.25) is 0 Å². The van der Waals surface area contributed by atoms with Crippen LogP contribution in [-0.2, 0) is 11.3 Å². The smallest absolute Gasteiger partial charge is 0.171 e. The maximum Gasteiger partial charge on any atom is 0.171 e. The predicted octanol–water partition coefficient (Wildman–Crippen LogP) is 2.16. The molecule has 3 heteroatoms. The first-order valence-electron chi connectivity index (χ1n) is 9.56. The third-order valence-electron chi connectivity index (χ3n) is 4.99. The van der Waals surface area contributed by atoms with Crippen LogP contribution in [0.1, 0.15) is 5.56 Å². The number of ether oxygens (including phenoxy) is 1. The molecule has 0 N–H and O–H groups in total. The maximum absolute atomic E-state index is 6.40. The Morgan fingerprint density at radius 3 is 1.21 bits per heavy atom. The minimum atomic E-state index is -1.91. The molecule has 1 nitrogen and oxygen atoms in total. The molecule has 0 saturated heterocycles. The number of halogens is 1. The lowest BCUT2D eigenvalue weighted by Gasteiger charge is -2.27. The second-order valence-electron chi connectivity index (χ2n) is 6.78. The van der Waals surface area contributed by atoms with E-state index in [1.807, 2.05) is 6.07 Å². The van der Waals surface area contributed by atoms with E-state index in [2.05, 4.69) is 115 Å². The topological polar surface area (TPSA) is 9.23 Å². The second-order valence-corrected chi connectivity index (χ2v) is 10.2. The first kappa shape index (κ1) is 21.5. The van der Waals surface area contributed by atoms with E-state index >= 15 is 0 Å². The molecule has 0 amide bonds. The standard InChI is InChI=1S/C26H24OP.BrH/c1-5-13-23(14-6-1)21-27-22-28(24-15-7-2-8-16-24,25-17-9-3-10-18-25)26-19-11-4-12-20-26;/h1-20H,21-22H2;1H/q+1;/p-1. The summed E-state index contributed by atoms with van der Waals surface area (Å²) in [4.78, 5) is 0. The van der Waals surface area contributed by atoms with Crippen LogP contribution in [0.3, 0.4) is 0 Å². The Morgan fingerprint density at radius 2 is 0.828 bits per heavy atom. The van der Waals surface area contributed by atoms with Gasteiger partial charge in [-0.3, -0.25) is 0 Å². The van der Waals surface area contributed by atoms with Crippen molar-refractivity contribution in [3.63, 3.8) is 0 Å². The van der Waals surface area contributed by atoms with Gasteiger partial charge in [-0.1, -0.05) is 84.9 Å². The summed E-state index contributed by atoms with van der Waals surface area (Å²) in [6, 6.07) is 42.9. The van der Waals surface area contributed by atoms with Crippen molar-refractivity contribution in [2.75, 3.05) is 6.35 Å². The Balaban J connectivity index is 0.00000240. The van der Waals surface area contributed by atoms with Crippen molar-refractivity contribution in [2.45, 2.75) is 6.61 Å². The summed E-state index contributed by atoms with van der Waals surface area (Å²) in [5.74, 6) is 0. The zero-order valence-electron chi connectivity index (χ0n) is 16.2. The van der Waals surface area contributed by atoms with E-state index < -0.39 is 7.26 Å². The molecule has 0 atom stereocenters. The maximum atomic E-state index is 6.40. The molecule has 29 heavy (non-hydrogen) atoms. The Morgan fingerprint density at radius 1 is 0.483 bits per heavy atom. The van der Waals surface area contributed by atoms with Crippen LogP contribution in [0.4, 0.5) is 0 Å². The summed E-state index contributed by atoms with van der Waals surface area (Å²) < 4.78 is 6.40. The quantitative estimate of drug-likeness (QED) is 0.382. The molecule has 146 valence electrons. The van der Waals surface area contributed by atoms with Crippen LogP contribution >= 0.6 is 7.26 Å². The van der Waals surface area contributed by atoms with E-state index in [0.29, 0.717) is 13.0 Å². The molecule has 0 unspecified atom stereocenters. The highest BCUT2D eigenvalue weighted by Gasteiger charge is 2.45. The van der Waals surface area contributed by atoms with Crippen LogP contribution < -0.4 is 32.9 Å². The summed E-state index contributed by atoms with van der Waals surface area (Å²) in [6.45, 7) is 0.620. The van der Waals surface area contributed by atoms with Crippen molar-refractivity contribution in [3.05, 3.63) is 127 Å². The Labute approximate surface area is 184 Å². The molecule has 0 fully saturated rings. The van der Waals surface area contributed by atoms with Crippen molar-refractivity contribution in [1.82, 2.24) is 0 Å². The van der Waals surface area contributed by atoms with Gasteiger partial charge in [0.2, 0.25) is 0 Å². The normalized spacial score (nSPS) is 10.9. The molecule has 0 aliphatic rings. The van der Waals surface area contributed by atoms with Gasteiger partial charge in [0, 0.05) is 0 Å². The molecule has 4 rings (SSSR count). The summed E-state index contributed by atoms with van der Waals surface area (Å²) in [6.07, 6.45) is 0.680. The van der Waals surface area contributed by atoms with E-state index in [4.69, 9.17) is 4.74 Å². The van der Waals surface area contributed by atoms with Gasteiger partial charge in [-0.2, -0.15) is 0 Å². The van der Waals surface area contributed by atoms with E-state index in [1.165, 1.54) is 21.5 Å². The molecular weight excluding hydrogens is 439 g/mol. The summed E-state index contributed by atoms with van der Waals surface area (Å²) in [5.41, 5.74) is 1.20. The zero-order chi connectivity index (χ0) is 19.1. The average Bonchev–Trinajstić information content (AvgIpc) is 2.79. The largest absolute Gasteiger partial charge is 1.00 e. The summed E-state index contributed by atoms with van der Waals surface area (Å²) in [7, 11) is -1.91. The van der Waals surface area contributed by atoms with Gasteiger partial charge in [0.25, 0.3) is 0 Å². The monoisotopic (exact) mass is 462 g/mol. The van der Waals surface area contributed by atoms with Gasteiger partial charge in [-0.05, 0) is 42.0 Å². The fourth-order valence-corrected chi connectivity index (χ4v) is 7.34. The van der Waals surface area contributed by atoms with Gasteiger partial charge in [0.05, 0.1) is 6.61 Å². The minimum Gasteiger partial charge on any atom is -1.00 e. The van der Waals surface area contributed by atoms with Crippen LogP contribution in [0.5, 0.6) is 0 Å². The fourth-order valence-electron chi connectivity index (χ4n) is 3.59. The number of hydrogen-bond donors (Lipinski definition) is 0. The van der Waals surface area contributed by atoms with Crippen molar-refractivity contribution in [1.29, 1.82) is 0 Å². The van der Waals surface area contributed by atoms with Crippen molar-refractivity contribution >= 4 is 23.2 Å². The molecule has 0 spiro atoms. The lowest BCUT2D eigenvalue weighted by Crippen LogP contribution is -3.00. The highest BCUT2D eigenvalue weighted by atomic mass is 79.9. The van der Waals surface area contributed by atoms with Gasteiger partial charge in [0.1, 0.15) is 23.2 Å². The summed E-state index contributed by atoms with van der Waals surface area (Å²) in [5, 5.41) is 4.04. The van der Waals surface area contributed by atoms with Crippen molar-refractivity contribution in [2.24, 2.45) is 0 Å². The molecule has 0 saturated carbocycles. The molecule has 0 aromatic heterocycles. The Kier molecular flexibility index (Phi) is 7.77. The molecule has 0 heterocycles. The molecule has 0 radical (unpaired) electrons. The van der Waals surface area contributed by atoms with Crippen molar-refractivity contribution in [3.8, 4) is 0 Å². The number of hydrogen-bond acceptors (Lipinski definition) is 1. The van der Waals surface area contributed by atoms with Gasteiger partial charge >= 0.3 is 0 Å². The highest BCUT2D eigenvalue weighted by Crippen LogP contribution is 2.55. The van der Waals surface area contributed by atoms with Gasteiger partial charge in [-0.15, -0.1) is 0 Å². The Bertz CT molecular complexity index is 879. The molecule has 4 aromatic carbocycles. The SMILES string of the molecule is [Br-].c1ccc(COC[P+](c2ccccc2)(c2ccccc2)c2ccccc2)cc1. The van der Waals surface area contributed by atoms with E-state index in [9.17, 15) is 0 Å². The fraction of sp³-hybridized carbons (Fsp3) is 0.0769. The molecule has 0 aliphatic carbocycles. The van der Waals surface area contributed by atoms with Crippen LogP contribution in [0.25, 0.3) is 0 Å². The van der Waals surface area contributed by atoms with Crippen LogP contribution in [-0.4, -0.2) is 6.35 Å². The van der Waals surface area contributed by atoms with Crippen molar-refractivity contribution < 1.29 is 21.7 Å². The van der Waals surface area contributed by atoms with Crippen LogP contribution in [0, 0.1) is 0 Å². The molecule has 0 aliphatic heterocycles. The second kappa shape index (κ2) is 10.5. The van der Waals surface area contributed by atoms with Gasteiger partial charge in [-0.25, -0.2) is 0 Å². The zero-order valence-corrected chi connectivity index (χ0v) is 18.7. The third kappa shape index (κ3) is 4.85. The lowest BCUT2D eigenvalue weighted by atomic mass is 10.2. The van der Waals surface area contributed by atoms with E-state index in [0.717, 1.165) is 0 Å².